The highest BCUT2D eigenvalue weighted by Crippen LogP contribution is 2.22. The fourth-order valence-corrected chi connectivity index (χ4v) is 4.64. The molecule has 6 nitrogen and oxygen atoms in total. The van der Waals surface area contributed by atoms with Gasteiger partial charge in [0.2, 0.25) is 5.91 Å². The number of ketones is 1. The molecule has 0 unspecified atom stereocenters. The molecule has 2 heterocycles. The van der Waals surface area contributed by atoms with Gasteiger partial charge in [-0.05, 0) is 92.0 Å². The first-order valence-electron chi connectivity index (χ1n) is 12.4. The maximum atomic E-state index is 13.2. The Hall–Kier alpha value is -4.15. The first-order chi connectivity index (χ1) is 18.0. The van der Waals surface area contributed by atoms with E-state index in [2.05, 4.69) is 21.3 Å². The van der Waals surface area contributed by atoms with Crippen molar-refractivity contribution in [3.63, 3.8) is 0 Å². The lowest BCUT2D eigenvalue weighted by Crippen LogP contribution is -2.47. The third-order valence-corrected chi connectivity index (χ3v) is 6.56. The maximum absolute atomic E-state index is 13.2. The van der Waals surface area contributed by atoms with Gasteiger partial charge in [-0.2, -0.15) is 5.26 Å². The monoisotopic (exact) mass is 496 g/mol. The molecule has 1 atom stereocenters. The number of amides is 1. The number of Topliss-reactive ketones (excluding diaryl/α,β-unsaturated/α-hetero) is 1. The number of carbonyl (C=O) groups excluding carboxylic acids is 2. The molecule has 1 N–H and O–H groups in total. The Morgan fingerprint density at radius 3 is 2.62 bits per heavy atom. The number of rotatable bonds is 9. The summed E-state index contributed by atoms with van der Waals surface area (Å²) in [7, 11) is 0. The number of aromatic nitrogens is 1. The highest BCUT2D eigenvalue weighted by Gasteiger charge is 2.27. The maximum Gasteiger partial charge on any atom is 0.244 e. The van der Waals surface area contributed by atoms with Gasteiger partial charge in [-0.15, -0.1) is 0 Å². The molecule has 1 aliphatic rings. The van der Waals surface area contributed by atoms with Crippen molar-refractivity contribution in [3.8, 4) is 6.07 Å². The molecule has 2 aromatic carbocycles. The van der Waals surface area contributed by atoms with Gasteiger partial charge in [-0.1, -0.05) is 18.2 Å². The van der Waals surface area contributed by atoms with Crippen molar-refractivity contribution in [2.24, 2.45) is 5.92 Å². The van der Waals surface area contributed by atoms with Crippen LogP contribution < -0.4 is 5.32 Å². The number of carbonyl (C=O) groups is 2. The highest BCUT2D eigenvalue weighted by atomic mass is 19.1. The van der Waals surface area contributed by atoms with Crippen LogP contribution in [0.2, 0.25) is 0 Å². The Morgan fingerprint density at radius 2 is 1.92 bits per heavy atom. The summed E-state index contributed by atoms with van der Waals surface area (Å²) in [5, 5.41) is 12.2. The van der Waals surface area contributed by atoms with Crippen molar-refractivity contribution < 1.29 is 14.0 Å². The molecule has 0 radical (unpaired) electrons. The van der Waals surface area contributed by atoms with E-state index in [1.54, 1.807) is 48.8 Å². The number of likely N-dealkylation sites (tertiary alicyclic amines) is 1. The SMILES string of the molecule is N#Cc1cccc(/C=C/C(=O)N[C@H](Cc2cccnc2)CN2CCC(C(=O)c3ccc(F)cc3)CC2)c1. The lowest BCUT2D eigenvalue weighted by atomic mass is 9.88. The van der Waals surface area contributed by atoms with Gasteiger partial charge in [0.05, 0.1) is 11.6 Å². The Kier molecular flexibility index (Phi) is 8.90. The summed E-state index contributed by atoms with van der Waals surface area (Å²) >= 11 is 0. The number of piperidine rings is 1. The van der Waals surface area contributed by atoms with Crippen LogP contribution in [0.15, 0.2) is 79.1 Å². The van der Waals surface area contributed by atoms with Crippen molar-refractivity contribution >= 4 is 17.8 Å². The lowest BCUT2D eigenvalue weighted by molar-refractivity contribution is -0.117. The van der Waals surface area contributed by atoms with Crippen LogP contribution in [0.5, 0.6) is 0 Å². The van der Waals surface area contributed by atoms with Gasteiger partial charge in [0, 0.05) is 42.5 Å². The van der Waals surface area contributed by atoms with Gasteiger partial charge in [0.25, 0.3) is 0 Å². The van der Waals surface area contributed by atoms with Crippen molar-refractivity contribution in [1.82, 2.24) is 15.2 Å². The van der Waals surface area contributed by atoms with Crippen molar-refractivity contribution in [1.29, 1.82) is 5.26 Å². The van der Waals surface area contributed by atoms with Crippen LogP contribution in [0.4, 0.5) is 4.39 Å². The van der Waals surface area contributed by atoms with Crippen LogP contribution in [0.25, 0.3) is 6.08 Å². The van der Waals surface area contributed by atoms with Crippen LogP contribution in [0, 0.1) is 23.1 Å². The highest BCUT2D eigenvalue weighted by molar-refractivity contribution is 5.97. The number of hydrogen-bond acceptors (Lipinski definition) is 5. The third kappa shape index (κ3) is 7.66. The first kappa shape index (κ1) is 25.9. The van der Waals surface area contributed by atoms with Crippen LogP contribution >= 0.6 is 0 Å². The summed E-state index contributed by atoms with van der Waals surface area (Å²) in [5.41, 5.74) is 2.90. The molecule has 0 aliphatic carbocycles. The molecule has 37 heavy (non-hydrogen) atoms. The Morgan fingerprint density at radius 1 is 1.14 bits per heavy atom. The molecule has 1 aromatic heterocycles. The molecule has 188 valence electrons. The van der Waals surface area contributed by atoms with E-state index in [1.807, 2.05) is 18.2 Å². The van der Waals surface area contributed by atoms with E-state index in [9.17, 15) is 14.0 Å². The minimum atomic E-state index is -0.349. The molecular weight excluding hydrogens is 467 g/mol. The van der Waals surface area contributed by atoms with Gasteiger partial charge in [0.1, 0.15) is 5.82 Å². The number of nitrogens with one attached hydrogen (secondary N) is 1. The minimum Gasteiger partial charge on any atom is -0.348 e. The van der Waals surface area contributed by atoms with Crippen molar-refractivity contribution in [2.75, 3.05) is 19.6 Å². The van der Waals surface area contributed by atoms with Gasteiger partial charge in [-0.3, -0.25) is 14.6 Å². The number of nitriles is 1. The average Bonchev–Trinajstić information content (AvgIpc) is 2.93. The number of nitrogens with zero attached hydrogens (tertiary/aromatic N) is 3. The summed E-state index contributed by atoms with van der Waals surface area (Å²) in [6.07, 6.45) is 8.78. The summed E-state index contributed by atoms with van der Waals surface area (Å²) in [6, 6.07) is 18.6. The zero-order chi connectivity index (χ0) is 26.0. The van der Waals surface area contributed by atoms with Crippen molar-refractivity contribution in [2.45, 2.75) is 25.3 Å². The Bertz CT molecular complexity index is 1280. The molecule has 3 aromatic rings. The van der Waals surface area contributed by atoms with Crippen LogP contribution in [0.1, 0.15) is 39.9 Å². The number of benzene rings is 2. The molecular formula is C30H29FN4O2. The zero-order valence-electron chi connectivity index (χ0n) is 20.5. The first-order valence-corrected chi connectivity index (χ1v) is 12.4. The smallest absolute Gasteiger partial charge is 0.244 e. The van der Waals surface area contributed by atoms with Gasteiger partial charge in [-0.25, -0.2) is 4.39 Å². The molecule has 1 aliphatic heterocycles. The molecule has 0 spiro atoms. The van der Waals surface area contributed by atoms with Crippen LogP contribution in [-0.2, 0) is 11.2 Å². The topological polar surface area (TPSA) is 86.1 Å². The summed E-state index contributed by atoms with van der Waals surface area (Å²) in [5.74, 6) is -0.582. The molecule has 0 bridgehead atoms. The number of halogens is 1. The summed E-state index contributed by atoms with van der Waals surface area (Å²) in [4.78, 5) is 32.1. The van der Waals surface area contributed by atoms with E-state index in [1.165, 1.54) is 18.2 Å². The summed E-state index contributed by atoms with van der Waals surface area (Å²) < 4.78 is 13.2. The van der Waals surface area contributed by atoms with E-state index in [-0.39, 0.29) is 29.5 Å². The van der Waals surface area contributed by atoms with E-state index in [0.29, 0.717) is 24.1 Å². The van der Waals surface area contributed by atoms with E-state index in [0.717, 1.165) is 37.1 Å². The molecule has 7 heteroatoms. The standard InChI is InChI=1S/C30H29FN4O2/c31-27-9-7-25(8-10-27)30(37)26-12-15-35(16-13-26)21-28(18-24-5-2-14-33-20-24)34-29(36)11-6-22-3-1-4-23(17-22)19-32/h1-11,14,17,20,26,28H,12-13,15-16,18,21H2,(H,34,36)/b11-6+/t28-/m1/s1. The van der Waals surface area contributed by atoms with Crippen LogP contribution in [0.3, 0.4) is 0 Å². The fraction of sp³-hybridized carbons (Fsp3) is 0.267. The van der Waals surface area contributed by atoms with E-state index < -0.39 is 0 Å². The zero-order valence-corrected chi connectivity index (χ0v) is 20.5. The second-order valence-corrected chi connectivity index (χ2v) is 9.29. The van der Waals surface area contributed by atoms with Crippen molar-refractivity contribution in [3.05, 3.63) is 107 Å². The second kappa shape index (κ2) is 12.7. The number of hydrogen-bond donors (Lipinski definition) is 1. The lowest BCUT2D eigenvalue weighted by Gasteiger charge is -2.34. The fourth-order valence-electron chi connectivity index (χ4n) is 4.64. The van der Waals surface area contributed by atoms with Gasteiger partial charge < -0.3 is 10.2 Å². The van der Waals surface area contributed by atoms with Gasteiger partial charge in [0.15, 0.2) is 5.78 Å². The minimum absolute atomic E-state index is 0.0606. The molecule has 4 rings (SSSR count). The quantitative estimate of drug-likeness (QED) is 0.350. The molecule has 1 fully saturated rings. The van der Waals surface area contributed by atoms with Gasteiger partial charge >= 0.3 is 0 Å². The van der Waals surface area contributed by atoms with E-state index >= 15 is 0 Å². The summed E-state index contributed by atoms with van der Waals surface area (Å²) in [6.45, 7) is 2.14. The Labute approximate surface area is 216 Å². The molecule has 0 saturated carbocycles. The third-order valence-electron chi connectivity index (χ3n) is 6.56. The predicted molar refractivity (Wildman–Crippen MR) is 140 cm³/mol. The molecule has 1 amide bonds. The van der Waals surface area contributed by atoms with Crippen LogP contribution in [-0.4, -0.2) is 47.3 Å². The molecule has 1 saturated heterocycles. The largest absolute Gasteiger partial charge is 0.348 e. The normalized spacial score (nSPS) is 15.2. The average molecular weight is 497 g/mol. The predicted octanol–water partition coefficient (Wildman–Crippen LogP) is 4.43. The Balaban J connectivity index is 1.36. The second-order valence-electron chi connectivity index (χ2n) is 9.29. The van der Waals surface area contributed by atoms with E-state index in [4.69, 9.17) is 5.26 Å². The number of pyridine rings is 1.